The quantitative estimate of drug-likeness (QED) is 0.630. The highest BCUT2D eigenvalue weighted by atomic mass is 15.1. The second-order valence-electron chi connectivity index (χ2n) is 4.62. The molecule has 0 bridgehead atoms. The molecule has 15 heavy (non-hydrogen) atoms. The summed E-state index contributed by atoms with van der Waals surface area (Å²) in [5.74, 6) is 0.731. The molecule has 2 rings (SSSR count). The molecular formula is C13H20N2. The maximum absolute atomic E-state index is 4.23. The molecule has 1 atom stereocenters. The van der Waals surface area contributed by atoms with Crippen LogP contribution in [0, 0.1) is 5.92 Å². The third-order valence-corrected chi connectivity index (χ3v) is 3.28. The Kier molecular flexibility index (Phi) is 3.37. The van der Waals surface area contributed by atoms with Crippen LogP contribution < -0.4 is 0 Å². The topological polar surface area (TPSA) is 15.6 Å². The largest absolute Gasteiger partial charge is 0.295 e. The van der Waals surface area contributed by atoms with Crippen molar-refractivity contribution in [1.82, 2.24) is 4.90 Å². The van der Waals surface area contributed by atoms with E-state index in [-0.39, 0.29) is 0 Å². The Morgan fingerprint density at radius 3 is 2.93 bits per heavy atom. The van der Waals surface area contributed by atoms with Gasteiger partial charge < -0.3 is 0 Å². The summed E-state index contributed by atoms with van der Waals surface area (Å²) >= 11 is 0. The summed E-state index contributed by atoms with van der Waals surface area (Å²) in [6, 6.07) is 0. The van der Waals surface area contributed by atoms with Crippen LogP contribution in [0.2, 0.25) is 0 Å². The van der Waals surface area contributed by atoms with Gasteiger partial charge in [0.25, 0.3) is 0 Å². The predicted molar refractivity (Wildman–Crippen MR) is 65.4 cm³/mol. The Morgan fingerprint density at radius 2 is 2.40 bits per heavy atom. The number of nitrogens with zero attached hydrogens (tertiary/aromatic N) is 2. The number of hydrogen-bond donors (Lipinski definition) is 0. The lowest BCUT2D eigenvalue weighted by Gasteiger charge is -2.23. The van der Waals surface area contributed by atoms with Crippen molar-refractivity contribution in [2.45, 2.75) is 19.8 Å². The van der Waals surface area contributed by atoms with Crippen molar-refractivity contribution in [2.24, 2.45) is 10.9 Å². The summed E-state index contributed by atoms with van der Waals surface area (Å²) in [5, 5.41) is 0. The summed E-state index contributed by atoms with van der Waals surface area (Å²) in [5.41, 5.74) is 2.77. The lowest BCUT2D eigenvalue weighted by atomic mass is 9.94. The smallest absolute Gasteiger partial charge is 0.0342 e. The lowest BCUT2D eigenvalue weighted by molar-refractivity contribution is 0.303. The zero-order chi connectivity index (χ0) is 10.7. The number of allylic oxidation sites excluding steroid dienone is 1. The molecule has 0 amide bonds. The van der Waals surface area contributed by atoms with Crippen molar-refractivity contribution in [3.05, 3.63) is 23.8 Å². The van der Waals surface area contributed by atoms with E-state index in [0.29, 0.717) is 0 Å². The molecular weight excluding hydrogens is 184 g/mol. The maximum atomic E-state index is 4.23. The SMILES string of the molecule is CN=C1C=CC(CN2CC=C(C)C2)CC1. The third kappa shape index (κ3) is 2.78. The summed E-state index contributed by atoms with van der Waals surface area (Å²) in [4.78, 5) is 6.76. The lowest BCUT2D eigenvalue weighted by Crippen LogP contribution is -2.28. The van der Waals surface area contributed by atoms with Gasteiger partial charge >= 0.3 is 0 Å². The fourth-order valence-corrected chi connectivity index (χ4v) is 2.34. The van der Waals surface area contributed by atoms with Gasteiger partial charge in [-0.15, -0.1) is 0 Å². The second-order valence-corrected chi connectivity index (χ2v) is 4.62. The molecule has 0 aromatic heterocycles. The van der Waals surface area contributed by atoms with E-state index < -0.39 is 0 Å². The van der Waals surface area contributed by atoms with Crippen LogP contribution in [0.15, 0.2) is 28.8 Å². The molecule has 1 unspecified atom stereocenters. The molecule has 0 radical (unpaired) electrons. The first-order valence-electron chi connectivity index (χ1n) is 5.80. The van der Waals surface area contributed by atoms with Gasteiger partial charge in [0.2, 0.25) is 0 Å². The van der Waals surface area contributed by atoms with E-state index in [1.807, 2.05) is 7.05 Å². The van der Waals surface area contributed by atoms with Gasteiger partial charge in [-0.05, 0) is 31.8 Å². The van der Waals surface area contributed by atoms with Crippen LogP contribution in [-0.4, -0.2) is 37.3 Å². The van der Waals surface area contributed by atoms with Crippen LogP contribution in [0.3, 0.4) is 0 Å². The molecule has 2 nitrogen and oxygen atoms in total. The van der Waals surface area contributed by atoms with Crippen molar-refractivity contribution in [3.8, 4) is 0 Å². The molecule has 82 valence electrons. The summed E-state index contributed by atoms with van der Waals surface area (Å²) in [6.07, 6.45) is 9.28. The van der Waals surface area contributed by atoms with Crippen molar-refractivity contribution in [1.29, 1.82) is 0 Å². The van der Waals surface area contributed by atoms with Gasteiger partial charge in [0.05, 0.1) is 0 Å². The van der Waals surface area contributed by atoms with E-state index in [9.17, 15) is 0 Å². The Bertz CT molecular complexity index is 312. The Balaban J connectivity index is 1.82. The Morgan fingerprint density at radius 1 is 1.53 bits per heavy atom. The number of rotatable bonds is 2. The fraction of sp³-hybridized carbons (Fsp3) is 0.615. The van der Waals surface area contributed by atoms with Gasteiger partial charge in [0.1, 0.15) is 0 Å². The minimum absolute atomic E-state index is 0.731. The van der Waals surface area contributed by atoms with Gasteiger partial charge in [-0.3, -0.25) is 9.89 Å². The molecule has 0 saturated carbocycles. The molecule has 0 saturated heterocycles. The highest BCUT2D eigenvalue weighted by molar-refractivity contribution is 5.95. The van der Waals surface area contributed by atoms with Crippen LogP contribution in [0.4, 0.5) is 0 Å². The van der Waals surface area contributed by atoms with E-state index in [1.54, 1.807) is 0 Å². The summed E-state index contributed by atoms with van der Waals surface area (Å²) in [6.45, 7) is 5.74. The van der Waals surface area contributed by atoms with Gasteiger partial charge in [-0.1, -0.05) is 17.7 Å². The van der Waals surface area contributed by atoms with Crippen molar-refractivity contribution < 1.29 is 0 Å². The van der Waals surface area contributed by atoms with Crippen LogP contribution in [0.5, 0.6) is 0 Å². The van der Waals surface area contributed by atoms with Crippen molar-refractivity contribution in [3.63, 3.8) is 0 Å². The molecule has 0 fully saturated rings. The second kappa shape index (κ2) is 4.75. The number of aliphatic imine (C=N–C) groups is 1. The molecule has 2 aliphatic rings. The molecule has 2 heteroatoms. The zero-order valence-electron chi connectivity index (χ0n) is 9.74. The molecule has 1 aliphatic carbocycles. The minimum atomic E-state index is 0.731. The van der Waals surface area contributed by atoms with Crippen LogP contribution in [-0.2, 0) is 0 Å². The molecule has 0 aromatic rings. The van der Waals surface area contributed by atoms with Gasteiger partial charge in [0, 0.05) is 32.4 Å². The van der Waals surface area contributed by atoms with Crippen LogP contribution >= 0.6 is 0 Å². The molecule has 0 N–H and O–H groups in total. The average molecular weight is 204 g/mol. The monoisotopic (exact) mass is 204 g/mol. The van der Waals surface area contributed by atoms with Crippen LogP contribution in [0.25, 0.3) is 0 Å². The van der Waals surface area contributed by atoms with E-state index in [1.165, 1.54) is 30.8 Å². The van der Waals surface area contributed by atoms with Crippen molar-refractivity contribution >= 4 is 5.71 Å². The average Bonchev–Trinajstić information content (AvgIpc) is 2.65. The zero-order valence-corrected chi connectivity index (χ0v) is 9.74. The number of hydrogen-bond acceptors (Lipinski definition) is 2. The normalized spacial score (nSPS) is 29.9. The standard InChI is InChI=1S/C13H20N2/c1-11-7-8-15(9-11)10-12-3-5-13(14-2)6-4-12/h3,5,7,12H,4,6,8-10H2,1-2H3. The third-order valence-electron chi connectivity index (χ3n) is 3.28. The van der Waals surface area contributed by atoms with E-state index >= 15 is 0 Å². The van der Waals surface area contributed by atoms with Crippen LogP contribution in [0.1, 0.15) is 19.8 Å². The van der Waals surface area contributed by atoms with Crippen molar-refractivity contribution in [2.75, 3.05) is 26.7 Å². The molecule has 0 aromatic carbocycles. The Labute approximate surface area is 92.4 Å². The van der Waals surface area contributed by atoms with E-state index in [0.717, 1.165) is 18.9 Å². The van der Waals surface area contributed by atoms with Gasteiger partial charge in [-0.25, -0.2) is 0 Å². The maximum Gasteiger partial charge on any atom is 0.0342 e. The minimum Gasteiger partial charge on any atom is -0.295 e. The fourth-order valence-electron chi connectivity index (χ4n) is 2.34. The first kappa shape index (κ1) is 10.6. The first-order valence-corrected chi connectivity index (χ1v) is 5.80. The summed E-state index contributed by atoms with van der Waals surface area (Å²) in [7, 11) is 1.88. The highest BCUT2D eigenvalue weighted by Gasteiger charge is 2.17. The van der Waals surface area contributed by atoms with Gasteiger partial charge in [0.15, 0.2) is 0 Å². The van der Waals surface area contributed by atoms with Gasteiger partial charge in [-0.2, -0.15) is 0 Å². The Hall–Kier alpha value is -0.890. The summed E-state index contributed by atoms with van der Waals surface area (Å²) < 4.78 is 0. The first-order chi connectivity index (χ1) is 7.28. The van der Waals surface area contributed by atoms with E-state index in [4.69, 9.17) is 0 Å². The van der Waals surface area contributed by atoms with E-state index in [2.05, 4.69) is 35.0 Å². The predicted octanol–water partition coefficient (Wildman–Crippen LogP) is 2.29. The molecule has 1 aliphatic heterocycles. The molecule has 1 heterocycles. The molecule has 0 spiro atoms. The highest BCUT2D eigenvalue weighted by Crippen LogP contribution is 2.19.